The first-order valence-electron chi connectivity index (χ1n) is 7.91. The zero-order valence-electron chi connectivity index (χ0n) is 12.7. The molecule has 22 heavy (non-hydrogen) atoms. The maximum Gasteiger partial charge on any atom is 0.235 e. The molecule has 2 aliphatic heterocycles. The van der Waals surface area contributed by atoms with Crippen molar-refractivity contribution in [3.8, 4) is 17.2 Å². The highest BCUT2D eigenvalue weighted by atomic mass is 16.5. The molecule has 1 saturated carbocycles. The number of methoxy groups -OCH3 is 1. The Bertz CT molecular complexity index is 635. The van der Waals surface area contributed by atoms with Gasteiger partial charge in [-0.15, -0.1) is 0 Å². The maximum atomic E-state index is 10.9. The first kappa shape index (κ1) is 13.6. The summed E-state index contributed by atoms with van der Waals surface area (Å²) in [5, 5.41) is 0. The Morgan fingerprint density at radius 2 is 1.77 bits per heavy atom. The molecular formula is C17H19NO4. The molecule has 2 heterocycles. The lowest BCUT2D eigenvalue weighted by atomic mass is 9.87. The molecule has 1 fully saturated rings. The molecule has 0 atom stereocenters. The largest absolute Gasteiger partial charge is 0.493 e. The molecule has 1 aromatic rings. The van der Waals surface area contributed by atoms with Crippen molar-refractivity contribution in [2.45, 2.75) is 44.1 Å². The predicted molar refractivity (Wildman–Crippen MR) is 79.7 cm³/mol. The van der Waals surface area contributed by atoms with Crippen LogP contribution in [-0.2, 0) is 23.2 Å². The van der Waals surface area contributed by atoms with E-state index in [9.17, 15) is 4.79 Å². The second-order valence-electron chi connectivity index (χ2n) is 6.16. The van der Waals surface area contributed by atoms with Crippen molar-refractivity contribution in [1.29, 1.82) is 0 Å². The van der Waals surface area contributed by atoms with Gasteiger partial charge in [-0.2, -0.15) is 4.99 Å². The van der Waals surface area contributed by atoms with E-state index in [1.807, 2.05) is 0 Å². The van der Waals surface area contributed by atoms with Gasteiger partial charge >= 0.3 is 0 Å². The summed E-state index contributed by atoms with van der Waals surface area (Å²) in [6.07, 6.45) is 7.24. The van der Waals surface area contributed by atoms with Gasteiger partial charge in [-0.25, -0.2) is 4.79 Å². The molecule has 0 aromatic heterocycles. The number of carbonyl (C=O) groups excluding carboxylic acids is 1. The van der Waals surface area contributed by atoms with Crippen LogP contribution in [-0.4, -0.2) is 26.4 Å². The maximum absolute atomic E-state index is 10.9. The van der Waals surface area contributed by atoms with Crippen LogP contribution < -0.4 is 14.2 Å². The molecule has 5 nitrogen and oxygen atoms in total. The second-order valence-corrected chi connectivity index (χ2v) is 6.16. The van der Waals surface area contributed by atoms with Gasteiger partial charge in [0.05, 0.1) is 20.3 Å². The molecule has 0 unspecified atom stereocenters. The Morgan fingerprint density at radius 1 is 1.09 bits per heavy atom. The summed E-state index contributed by atoms with van der Waals surface area (Å²) in [7, 11) is 1.68. The smallest absolute Gasteiger partial charge is 0.235 e. The van der Waals surface area contributed by atoms with Crippen LogP contribution in [0.15, 0.2) is 4.99 Å². The number of hydrogen-bond donors (Lipinski definition) is 0. The van der Waals surface area contributed by atoms with Crippen molar-refractivity contribution < 1.29 is 19.0 Å². The zero-order chi connectivity index (χ0) is 15.2. The third-order valence-corrected chi connectivity index (χ3v) is 4.85. The fraction of sp³-hybridized carbons (Fsp3) is 0.588. The van der Waals surface area contributed by atoms with Crippen molar-refractivity contribution in [2.24, 2.45) is 4.99 Å². The van der Waals surface area contributed by atoms with Gasteiger partial charge < -0.3 is 14.2 Å². The van der Waals surface area contributed by atoms with Gasteiger partial charge in [0.15, 0.2) is 11.5 Å². The van der Waals surface area contributed by atoms with Crippen LogP contribution in [0.1, 0.15) is 42.4 Å². The number of aliphatic imine (C=N–C) groups is 1. The fourth-order valence-electron chi connectivity index (χ4n) is 3.73. The van der Waals surface area contributed by atoms with E-state index in [1.165, 1.54) is 0 Å². The molecule has 116 valence electrons. The average molecular weight is 301 g/mol. The minimum atomic E-state index is -0.444. The van der Waals surface area contributed by atoms with E-state index < -0.39 is 5.54 Å². The average Bonchev–Trinajstić information content (AvgIpc) is 3.33. The second kappa shape index (κ2) is 5.03. The highest BCUT2D eigenvalue weighted by Gasteiger charge is 2.50. The Kier molecular flexibility index (Phi) is 3.12. The van der Waals surface area contributed by atoms with Crippen LogP contribution >= 0.6 is 0 Å². The van der Waals surface area contributed by atoms with Gasteiger partial charge in [-0.1, -0.05) is 0 Å². The van der Waals surface area contributed by atoms with Gasteiger partial charge in [0, 0.05) is 16.7 Å². The van der Waals surface area contributed by atoms with Crippen molar-refractivity contribution in [3.05, 3.63) is 16.7 Å². The van der Waals surface area contributed by atoms with Crippen LogP contribution in [0, 0.1) is 0 Å². The molecule has 0 amide bonds. The standard InChI is InChI=1S/C17H19NO4/c1-20-15-12-5-3-8-21-14(12)13(17(6-7-17)18-10-19)11-4-2-9-22-16(11)15/h2-9H2,1H3. The summed E-state index contributed by atoms with van der Waals surface area (Å²) in [6, 6.07) is 0. The number of fused-ring (bicyclic) bond motifs is 2. The number of rotatable bonds is 3. The summed E-state index contributed by atoms with van der Waals surface area (Å²) >= 11 is 0. The van der Waals surface area contributed by atoms with E-state index in [1.54, 1.807) is 13.2 Å². The molecule has 1 aromatic carbocycles. The lowest BCUT2D eigenvalue weighted by Crippen LogP contribution is -2.21. The van der Waals surface area contributed by atoms with E-state index in [-0.39, 0.29) is 0 Å². The lowest BCUT2D eigenvalue weighted by Gasteiger charge is -2.31. The Hall–Kier alpha value is -2.00. The third kappa shape index (κ3) is 1.85. The van der Waals surface area contributed by atoms with Crippen LogP contribution in [0.5, 0.6) is 17.2 Å². The van der Waals surface area contributed by atoms with Crippen molar-refractivity contribution in [3.63, 3.8) is 0 Å². The first-order valence-corrected chi connectivity index (χ1v) is 7.91. The zero-order valence-corrected chi connectivity index (χ0v) is 12.7. The van der Waals surface area contributed by atoms with E-state index in [4.69, 9.17) is 14.2 Å². The first-order chi connectivity index (χ1) is 10.8. The predicted octanol–water partition coefficient (Wildman–Crippen LogP) is 2.67. The van der Waals surface area contributed by atoms with Gasteiger partial charge in [0.2, 0.25) is 6.08 Å². The molecular weight excluding hydrogens is 282 g/mol. The SMILES string of the molecule is COc1c2c(c(C3(N=C=O)CC3)c3c1OCCC3)OCCC2. The molecule has 0 radical (unpaired) electrons. The highest BCUT2D eigenvalue weighted by molar-refractivity contribution is 5.67. The van der Waals surface area contributed by atoms with Crippen molar-refractivity contribution >= 4 is 6.08 Å². The Balaban J connectivity index is 2.02. The number of ether oxygens (including phenoxy) is 3. The molecule has 3 aliphatic rings. The van der Waals surface area contributed by atoms with Crippen molar-refractivity contribution in [1.82, 2.24) is 0 Å². The number of isocyanates is 1. The summed E-state index contributed by atoms with van der Waals surface area (Å²) < 4.78 is 17.6. The van der Waals surface area contributed by atoms with Gasteiger partial charge in [0.1, 0.15) is 11.3 Å². The van der Waals surface area contributed by atoms with Gasteiger partial charge in [0.25, 0.3) is 0 Å². The van der Waals surface area contributed by atoms with Crippen LogP contribution in [0.25, 0.3) is 0 Å². The minimum Gasteiger partial charge on any atom is -0.493 e. The van der Waals surface area contributed by atoms with E-state index >= 15 is 0 Å². The Morgan fingerprint density at radius 3 is 2.41 bits per heavy atom. The molecule has 0 spiro atoms. The number of nitrogens with zero attached hydrogens (tertiary/aromatic N) is 1. The van der Waals surface area contributed by atoms with E-state index in [0.717, 1.165) is 72.5 Å². The fourth-order valence-corrected chi connectivity index (χ4v) is 3.73. The van der Waals surface area contributed by atoms with Crippen molar-refractivity contribution in [2.75, 3.05) is 20.3 Å². The third-order valence-electron chi connectivity index (χ3n) is 4.85. The summed E-state index contributed by atoms with van der Waals surface area (Å²) in [6.45, 7) is 1.40. The van der Waals surface area contributed by atoms with Crippen LogP contribution in [0.2, 0.25) is 0 Å². The molecule has 5 heteroatoms. The number of benzene rings is 1. The molecule has 4 rings (SSSR count). The van der Waals surface area contributed by atoms with Gasteiger partial charge in [-0.3, -0.25) is 0 Å². The summed E-state index contributed by atoms with van der Waals surface area (Å²) in [4.78, 5) is 15.0. The van der Waals surface area contributed by atoms with E-state index in [0.29, 0.717) is 13.2 Å². The summed E-state index contributed by atoms with van der Waals surface area (Å²) in [5.74, 6) is 2.52. The van der Waals surface area contributed by atoms with E-state index in [2.05, 4.69) is 4.99 Å². The highest BCUT2D eigenvalue weighted by Crippen LogP contribution is 2.59. The molecule has 0 bridgehead atoms. The molecule has 1 aliphatic carbocycles. The topological polar surface area (TPSA) is 57.1 Å². The van der Waals surface area contributed by atoms with Crippen LogP contribution in [0.4, 0.5) is 0 Å². The lowest BCUT2D eigenvalue weighted by molar-refractivity contribution is 0.248. The minimum absolute atomic E-state index is 0.444. The monoisotopic (exact) mass is 301 g/mol. The summed E-state index contributed by atoms with van der Waals surface area (Å²) in [5.41, 5.74) is 2.79. The van der Waals surface area contributed by atoms with Gasteiger partial charge in [-0.05, 0) is 38.5 Å². The molecule has 0 N–H and O–H groups in total. The normalized spacial score (nSPS) is 20.6. The van der Waals surface area contributed by atoms with Crippen LogP contribution in [0.3, 0.4) is 0 Å². The molecule has 0 saturated heterocycles. The number of hydrogen-bond acceptors (Lipinski definition) is 5. The quantitative estimate of drug-likeness (QED) is 0.636. The Labute approximate surface area is 129 Å².